The third kappa shape index (κ3) is 4.11. The number of rotatable bonds is 4. The van der Waals surface area contributed by atoms with Crippen LogP contribution in [0.2, 0.25) is 0 Å². The molecule has 2 aromatic rings. The van der Waals surface area contributed by atoms with Gasteiger partial charge in [-0.1, -0.05) is 11.8 Å². The number of alkyl halides is 3. The van der Waals surface area contributed by atoms with Gasteiger partial charge < -0.3 is 9.84 Å². The molecule has 1 fully saturated rings. The van der Waals surface area contributed by atoms with E-state index >= 15 is 0 Å². The number of hydrogen-bond acceptors (Lipinski definition) is 3. The topological polar surface area (TPSA) is 29.5 Å². The number of hydrogen-bond donors (Lipinski definition) is 1. The van der Waals surface area contributed by atoms with Gasteiger partial charge in [0.05, 0.1) is 29.2 Å². The Morgan fingerprint density at radius 2 is 1.88 bits per heavy atom. The Bertz CT molecular complexity index is 762. The van der Waals surface area contributed by atoms with Crippen LogP contribution in [0.1, 0.15) is 34.4 Å². The Labute approximate surface area is 141 Å². The lowest BCUT2D eigenvalue weighted by atomic mass is 10.1. The first-order valence-electron chi connectivity index (χ1n) is 7.50. The van der Waals surface area contributed by atoms with E-state index < -0.39 is 11.7 Å². The highest BCUT2D eigenvalue weighted by atomic mass is 32.1. The van der Waals surface area contributed by atoms with Crippen molar-refractivity contribution in [1.29, 1.82) is 0 Å². The average Bonchev–Trinajstić information content (AvgIpc) is 3.30. The zero-order valence-electron chi connectivity index (χ0n) is 12.7. The molecule has 0 saturated heterocycles. The van der Waals surface area contributed by atoms with Gasteiger partial charge in [0, 0.05) is 10.9 Å². The number of halogens is 3. The van der Waals surface area contributed by atoms with Crippen LogP contribution in [-0.2, 0) is 12.8 Å². The summed E-state index contributed by atoms with van der Waals surface area (Å²) in [5, 5.41) is 11.2. The summed E-state index contributed by atoms with van der Waals surface area (Å²) in [6, 6.07) is 4.72. The van der Waals surface area contributed by atoms with Crippen molar-refractivity contribution < 1.29 is 23.0 Å². The summed E-state index contributed by atoms with van der Waals surface area (Å²) in [7, 11) is 0. The fourth-order valence-electron chi connectivity index (χ4n) is 2.11. The Balaban J connectivity index is 1.78. The molecule has 1 heterocycles. The fourth-order valence-corrected chi connectivity index (χ4v) is 2.89. The van der Waals surface area contributed by atoms with E-state index in [0.717, 1.165) is 25.0 Å². The summed E-state index contributed by atoms with van der Waals surface area (Å²) in [4.78, 5) is 0.715. The number of thiophene rings is 1. The van der Waals surface area contributed by atoms with Gasteiger partial charge >= 0.3 is 6.18 Å². The van der Waals surface area contributed by atoms with Gasteiger partial charge in [-0.25, -0.2) is 0 Å². The minimum Gasteiger partial charge on any atom is -0.491 e. The minimum atomic E-state index is -4.35. The molecular weight excluding hydrogens is 337 g/mol. The van der Waals surface area contributed by atoms with Crippen LogP contribution in [0.5, 0.6) is 5.75 Å². The number of aliphatic hydroxyl groups excluding tert-OH is 1. The molecule has 1 aliphatic rings. The lowest BCUT2D eigenvalue weighted by Gasteiger charge is -2.06. The van der Waals surface area contributed by atoms with Crippen molar-refractivity contribution in [2.75, 3.05) is 6.61 Å². The van der Waals surface area contributed by atoms with Crippen LogP contribution < -0.4 is 4.74 Å². The van der Waals surface area contributed by atoms with E-state index in [0.29, 0.717) is 34.3 Å². The van der Waals surface area contributed by atoms with Gasteiger partial charge in [-0.15, -0.1) is 11.3 Å². The first-order chi connectivity index (χ1) is 11.5. The molecule has 6 heteroatoms. The standard InChI is InChI=1S/C18H15F3O2S/c19-18(20,21)15-7-4-12(5-8-15)3-6-14-11-24-16(9-22)17(14)23-10-13-1-2-13/h4-5,7-8,11,13,22H,1-2,9-10H2. The molecule has 1 aliphatic carbocycles. The van der Waals surface area contributed by atoms with Crippen molar-refractivity contribution in [2.24, 2.45) is 5.92 Å². The summed E-state index contributed by atoms with van der Waals surface area (Å²) in [5.74, 6) is 6.95. The lowest BCUT2D eigenvalue weighted by Crippen LogP contribution is -2.04. The van der Waals surface area contributed by atoms with Gasteiger partial charge in [0.25, 0.3) is 0 Å². The van der Waals surface area contributed by atoms with Crippen LogP contribution in [0.25, 0.3) is 0 Å². The molecule has 0 atom stereocenters. The van der Waals surface area contributed by atoms with Gasteiger partial charge in [0.2, 0.25) is 0 Å². The second-order valence-corrected chi connectivity index (χ2v) is 6.60. The maximum absolute atomic E-state index is 12.5. The third-order valence-corrected chi connectivity index (χ3v) is 4.63. The molecule has 1 N–H and O–H groups in total. The van der Waals surface area contributed by atoms with Gasteiger partial charge in [-0.2, -0.15) is 13.2 Å². The molecule has 0 aliphatic heterocycles. The molecule has 3 rings (SSSR count). The molecule has 0 unspecified atom stereocenters. The van der Waals surface area contributed by atoms with E-state index in [1.807, 2.05) is 0 Å². The molecule has 1 aromatic carbocycles. The quantitative estimate of drug-likeness (QED) is 0.824. The monoisotopic (exact) mass is 352 g/mol. The number of ether oxygens (including phenoxy) is 1. The zero-order chi connectivity index (χ0) is 17.2. The molecule has 126 valence electrons. The minimum absolute atomic E-state index is 0.118. The predicted octanol–water partition coefficient (Wildman–Crippen LogP) is 4.45. The summed E-state index contributed by atoms with van der Waals surface area (Å²) >= 11 is 1.36. The first kappa shape index (κ1) is 16.9. The normalized spacial score (nSPS) is 14.2. The van der Waals surface area contributed by atoms with E-state index in [2.05, 4.69) is 11.8 Å². The van der Waals surface area contributed by atoms with Gasteiger partial charge in [0.1, 0.15) is 0 Å². The van der Waals surface area contributed by atoms with Crippen molar-refractivity contribution in [3.8, 4) is 17.6 Å². The maximum atomic E-state index is 12.5. The van der Waals surface area contributed by atoms with Crippen molar-refractivity contribution in [3.63, 3.8) is 0 Å². The van der Waals surface area contributed by atoms with Crippen LogP contribution in [0.4, 0.5) is 13.2 Å². The molecular formula is C18H15F3O2S. The molecule has 0 bridgehead atoms. The molecule has 0 radical (unpaired) electrons. The van der Waals surface area contributed by atoms with E-state index in [4.69, 9.17) is 4.74 Å². The SMILES string of the molecule is OCc1scc(C#Cc2ccc(C(F)(F)F)cc2)c1OCC1CC1. The first-order valence-corrected chi connectivity index (χ1v) is 8.38. The lowest BCUT2D eigenvalue weighted by molar-refractivity contribution is -0.137. The second kappa shape index (κ2) is 6.88. The van der Waals surface area contributed by atoms with Gasteiger partial charge in [-0.05, 0) is 43.0 Å². The zero-order valence-corrected chi connectivity index (χ0v) is 13.5. The number of aliphatic hydroxyl groups is 1. The van der Waals surface area contributed by atoms with Crippen LogP contribution >= 0.6 is 11.3 Å². The summed E-state index contributed by atoms with van der Waals surface area (Å²) in [6.07, 6.45) is -2.03. The highest BCUT2D eigenvalue weighted by molar-refractivity contribution is 7.10. The predicted molar refractivity (Wildman–Crippen MR) is 85.9 cm³/mol. The van der Waals surface area contributed by atoms with E-state index in [9.17, 15) is 18.3 Å². The van der Waals surface area contributed by atoms with Crippen LogP contribution in [-0.4, -0.2) is 11.7 Å². The van der Waals surface area contributed by atoms with Crippen molar-refractivity contribution >= 4 is 11.3 Å². The van der Waals surface area contributed by atoms with Crippen LogP contribution in [0.15, 0.2) is 29.6 Å². The third-order valence-electron chi connectivity index (χ3n) is 3.67. The number of benzene rings is 1. The molecule has 1 aromatic heterocycles. The Kier molecular flexibility index (Phi) is 4.83. The molecule has 2 nitrogen and oxygen atoms in total. The molecule has 24 heavy (non-hydrogen) atoms. The van der Waals surface area contributed by atoms with Crippen molar-refractivity contribution in [2.45, 2.75) is 25.6 Å². The van der Waals surface area contributed by atoms with Crippen LogP contribution in [0.3, 0.4) is 0 Å². The van der Waals surface area contributed by atoms with E-state index in [-0.39, 0.29) is 6.61 Å². The summed E-state index contributed by atoms with van der Waals surface area (Å²) < 4.78 is 43.4. The Morgan fingerprint density at radius 1 is 1.17 bits per heavy atom. The Morgan fingerprint density at radius 3 is 2.46 bits per heavy atom. The van der Waals surface area contributed by atoms with Crippen molar-refractivity contribution in [1.82, 2.24) is 0 Å². The summed E-state index contributed by atoms with van der Waals surface area (Å²) in [5.41, 5.74) is 0.456. The van der Waals surface area contributed by atoms with Crippen LogP contribution in [0, 0.1) is 17.8 Å². The highest BCUT2D eigenvalue weighted by Crippen LogP contribution is 2.34. The molecule has 0 spiro atoms. The largest absolute Gasteiger partial charge is 0.491 e. The fraction of sp³-hybridized carbons (Fsp3) is 0.333. The molecule has 0 amide bonds. The molecule has 1 saturated carbocycles. The second-order valence-electron chi connectivity index (χ2n) is 5.64. The average molecular weight is 352 g/mol. The summed E-state index contributed by atoms with van der Waals surface area (Å²) in [6.45, 7) is 0.491. The van der Waals surface area contributed by atoms with Gasteiger partial charge in [-0.3, -0.25) is 0 Å². The van der Waals surface area contributed by atoms with E-state index in [1.54, 1.807) is 5.38 Å². The van der Waals surface area contributed by atoms with Crippen molar-refractivity contribution in [3.05, 3.63) is 51.2 Å². The maximum Gasteiger partial charge on any atom is 0.416 e. The highest BCUT2D eigenvalue weighted by Gasteiger charge is 2.29. The van der Waals surface area contributed by atoms with Gasteiger partial charge in [0.15, 0.2) is 5.75 Å². The smallest absolute Gasteiger partial charge is 0.416 e. The van der Waals surface area contributed by atoms with E-state index in [1.165, 1.54) is 23.5 Å². The Hall–Kier alpha value is -1.97.